The maximum atomic E-state index is 16.6. The van der Waals surface area contributed by atoms with E-state index in [1.807, 2.05) is 0 Å². The van der Waals surface area contributed by atoms with Crippen LogP contribution in [0.2, 0.25) is 0 Å². The lowest BCUT2D eigenvalue weighted by molar-refractivity contribution is -0.346. The molecule has 0 radical (unpaired) electrons. The number of aliphatic carboxylic acids is 3. The van der Waals surface area contributed by atoms with Gasteiger partial charge in [-0.3, -0.25) is 67.9 Å². The lowest BCUT2D eigenvalue weighted by atomic mass is 9.44. The Labute approximate surface area is 755 Å². The van der Waals surface area contributed by atoms with Crippen LogP contribution in [-0.2, 0) is 92.4 Å². The van der Waals surface area contributed by atoms with Crippen LogP contribution in [0, 0.1) is 22.2 Å². The van der Waals surface area contributed by atoms with E-state index in [2.05, 4.69) is 62.5 Å². The number of ketones is 1. The monoisotopic (exact) mass is 1860 g/mol. The fourth-order valence-corrected chi connectivity index (χ4v) is 18.3. The van der Waals surface area contributed by atoms with Crippen molar-refractivity contribution in [3.8, 4) is 0 Å². The molecule has 43 nitrogen and oxygen atoms in total. The van der Waals surface area contributed by atoms with Crippen molar-refractivity contribution in [3.63, 3.8) is 0 Å². The standard InChI is InChI=1S/C86H101N15O28S2/c1-42(93-71(111)48-26-28-50(29-27-48)91-38-51-39-92-70-64(94-51)76(116)101-81(89)100-70)25-30-59(104)95-53(34-60(105)106)74(114)96-52(24-17-31-90-80(87)88)73(113)97-54(35-61(107)108)75(115)98-55(77(117)118)40-131-130-33-32-123-82(121)127-57-36-58-85(41-124-58,129-45(4)103)67-69(128-78(119)49-22-15-10-16-23-49)86(122)37-56(43(2)62(83(86,5)6)66(125-44(3)102)68(110)84(57,67)7)126-79(120)65(109)63(46-18-11-8-12-19-46)99-72(112)47-20-13-9-14-21-47/h8-16,18-23,26-29,39,42,52-58,63,65-67,69,91,109,122H,17,24-25,30-38,40-41H2,1-7H3,(H,93,111)(H,95,104)(H,96,114)(H,97,113)(H,98,115)(H,99,112)(H,105,106)(H,107,108)(H,117,118)(H4,87,88,90)(H3,89,92,100,101,116)/t42-,52+,53+,54+,55+,56+,57+,58-,63+,65-,66-,67?,69+,84-,85+,86-/m1/s1. The molecule has 16 atom stereocenters. The van der Waals surface area contributed by atoms with E-state index < -0.39 is 246 Å². The van der Waals surface area contributed by atoms with E-state index in [9.17, 15) is 97.5 Å². The molecule has 2 aromatic heterocycles. The number of nitrogen functional groups attached to an aromatic ring is 1. The molecule has 45 heteroatoms. The number of benzene rings is 4. The Hall–Kier alpha value is -13.7. The summed E-state index contributed by atoms with van der Waals surface area (Å²) in [6.45, 7) is 8.15. The summed E-state index contributed by atoms with van der Waals surface area (Å²) >= 11 is 0. The van der Waals surface area contributed by atoms with E-state index in [-0.39, 0.29) is 95.0 Å². The predicted octanol–water partition coefficient (Wildman–Crippen LogP) is 2.33. The smallest absolute Gasteiger partial charge is 0.481 e. The van der Waals surface area contributed by atoms with Crippen LogP contribution >= 0.6 is 21.6 Å². The number of aliphatic hydroxyl groups excluding tert-OH is 1. The van der Waals surface area contributed by atoms with Crippen molar-refractivity contribution < 1.29 is 131 Å². The van der Waals surface area contributed by atoms with Gasteiger partial charge in [0.05, 0.1) is 60.8 Å². The number of carboxylic acid groups (broad SMARTS) is 3. The summed E-state index contributed by atoms with van der Waals surface area (Å²) in [7, 11) is 1.67. The third-order valence-electron chi connectivity index (χ3n) is 23.0. The summed E-state index contributed by atoms with van der Waals surface area (Å²) in [5, 5.41) is 84.1. The molecule has 0 spiro atoms. The van der Waals surface area contributed by atoms with Crippen molar-refractivity contribution in [1.29, 1.82) is 5.41 Å². The van der Waals surface area contributed by atoms with Crippen LogP contribution in [0.15, 0.2) is 137 Å². The molecular weight excluding hydrogens is 1760 g/mol. The number of ether oxygens (including phenoxy) is 7. The molecule has 4 aliphatic rings. The highest BCUT2D eigenvalue weighted by atomic mass is 33.1. The Morgan fingerprint density at radius 3 is 1.90 bits per heavy atom. The first-order valence-electron chi connectivity index (χ1n) is 41.3. The number of nitrogens with zero attached hydrogens (tertiary/aromatic N) is 3. The fraction of sp³-hybridized carbons (Fsp3) is 0.442. The number of carbonyl (C=O) groups excluding carboxylic acids is 12. The molecule has 6 amide bonds. The summed E-state index contributed by atoms with van der Waals surface area (Å²) in [6, 6.07) is 19.8. The van der Waals surface area contributed by atoms with Gasteiger partial charge in [-0.25, -0.2) is 29.1 Å². The first kappa shape index (κ1) is 99.5. The number of fused-ring (bicyclic) bond motifs is 6. The molecule has 4 aromatic carbocycles. The zero-order chi connectivity index (χ0) is 95.6. The van der Waals surface area contributed by atoms with Gasteiger partial charge in [0.15, 0.2) is 40.7 Å². The van der Waals surface area contributed by atoms with Crippen LogP contribution in [0.4, 0.5) is 16.4 Å². The van der Waals surface area contributed by atoms with E-state index in [1.54, 1.807) is 73.7 Å². The molecule has 19 N–H and O–H groups in total. The number of nitrogens with two attached hydrogens (primary N) is 2. The number of carboxylic acids is 3. The minimum Gasteiger partial charge on any atom is -0.481 e. The first-order chi connectivity index (χ1) is 62.0. The Kier molecular flexibility index (Phi) is 33.1. The fourth-order valence-electron chi connectivity index (χ4n) is 16.4. The Morgan fingerprint density at radius 1 is 0.702 bits per heavy atom. The topological polar surface area (TPSA) is 665 Å². The van der Waals surface area contributed by atoms with E-state index in [1.165, 1.54) is 82.4 Å². The number of aromatic amines is 1. The molecule has 1 saturated heterocycles. The van der Waals surface area contributed by atoms with E-state index in [4.69, 9.17) is 50.0 Å². The number of aliphatic hydroxyl groups is 2. The van der Waals surface area contributed by atoms with Gasteiger partial charge in [-0.1, -0.05) is 102 Å². The van der Waals surface area contributed by atoms with Gasteiger partial charge in [0.25, 0.3) is 17.4 Å². The van der Waals surface area contributed by atoms with E-state index in [0.717, 1.165) is 35.4 Å². The van der Waals surface area contributed by atoms with Crippen molar-refractivity contribution in [2.75, 3.05) is 42.3 Å². The number of Topliss-reactive ketones (excluding diaryl/α,β-unsaturated/α-hetero) is 1. The number of carbonyl (C=O) groups is 15. The second-order valence-electron chi connectivity index (χ2n) is 32.3. The van der Waals surface area contributed by atoms with Crippen molar-refractivity contribution >= 4 is 140 Å². The van der Waals surface area contributed by atoms with Gasteiger partial charge in [-0.15, -0.1) is 0 Å². The van der Waals surface area contributed by atoms with Gasteiger partial charge in [0.1, 0.15) is 60.8 Å². The number of guanidine groups is 1. The molecule has 6 aromatic rings. The van der Waals surface area contributed by atoms with Crippen molar-refractivity contribution in [3.05, 3.63) is 171 Å². The van der Waals surface area contributed by atoms with Crippen LogP contribution in [0.3, 0.4) is 0 Å². The minimum absolute atomic E-state index is 0.00565. The van der Waals surface area contributed by atoms with Gasteiger partial charge in [0.2, 0.25) is 29.6 Å². The van der Waals surface area contributed by atoms with E-state index >= 15 is 4.79 Å². The number of H-pyrrole nitrogens is 1. The van der Waals surface area contributed by atoms with Crippen LogP contribution in [0.1, 0.15) is 148 Å². The van der Waals surface area contributed by atoms with Gasteiger partial charge in [0, 0.05) is 79.4 Å². The lowest BCUT2D eigenvalue weighted by Gasteiger charge is -2.67. The largest absolute Gasteiger partial charge is 0.508 e. The molecule has 3 fully saturated rings. The molecule has 1 aliphatic heterocycles. The molecule has 2 saturated carbocycles. The zero-order valence-electron chi connectivity index (χ0n) is 71.9. The maximum absolute atomic E-state index is 16.6. The summed E-state index contributed by atoms with van der Waals surface area (Å²) in [6.07, 6.45) is -15.6. The average Bonchev–Trinajstić information content (AvgIpc) is 0.665. The second kappa shape index (κ2) is 43.6. The zero-order valence-corrected chi connectivity index (χ0v) is 73.5. The summed E-state index contributed by atoms with van der Waals surface area (Å²) in [5.41, 5.74) is 2.72. The van der Waals surface area contributed by atoms with Gasteiger partial charge >= 0.3 is 47.9 Å². The number of anilines is 2. The number of hydrogen-bond donors (Lipinski definition) is 17. The second-order valence-corrected chi connectivity index (χ2v) is 34.9. The number of rotatable bonds is 41. The highest BCUT2D eigenvalue weighted by Crippen LogP contribution is 2.65. The number of nitrogens with one attached hydrogen (secondary N) is 10. The van der Waals surface area contributed by atoms with Crippen molar-refractivity contribution in [2.24, 2.45) is 22.5 Å². The van der Waals surface area contributed by atoms with Crippen molar-refractivity contribution in [2.45, 2.75) is 190 Å². The minimum atomic E-state index is -2.67. The molecule has 3 aliphatic carbocycles. The number of hydrogen-bond acceptors (Lipinski definition) is 33. The summed E-state index contributed by atoms with van der Waals surface area (Å²) in [5.74, 6) is -19.6. The normalized spacial score (nSPS) is 22.0. The number of amides is 6. The third-order valence-corrected chi connectivity index (χ3v) is 25.3. The van der Waals surface area contributed by atoms with Crippen molar-refractivity contribution in [1.82, 2.24) is 57.2 Å². The molecule has 2 bridgehead atoms. The molecule has 700 valence electrons. The highest BCUT2D eigenvalue weighted by molar-refractivity contribution is 8.76. The molecular formula is C86H101N15O28S2. The van der Waals surface area contributed by atoms with Gasteiger partial charge in [-0.05, 0) is 105 Å². The lowest BCUT2D eigenvalue weighted by Crippen LogP contribution is -2.82. The summed E-state index contributed by atoms with van der Waals surface area (Å²) < 4.78 is 42.8. The predicted molar refractivity (Wildman–Crippen MR) is 464 cm³/mol. The Morgan fingerprint density at radius 2 is 1.30 bits per heavy atom. The third kappa shape index (κ3) is 24.3. The SMILES string of the molecule is CC(=O)O[C@H]1C(=O)[C@@]2(C)C([C@H](OC(=O)c3ccccc3)[C@]3(O)C[C@H](OC(=O)[C@H](O)[C@@H](NC(=O)c4ccccc4)c4ccccc4)C(C)=C1C3(C)C)[C@]1(OC(C)=O)CO[C@@H]1C[C@@H]2OC(=O)OCCSSC[C@H](NC(=O)[C@H](CC(=O)O)NC(=O)[C@H](CCCNC(=N)N)NC(=O)[C@H](CC(=O)O)NC(=O)CC[C@@H](C)NC(=O)c1ccc(NCc2cnc3nc(N)[nH]c(=O)c3n2)cc1)C(=O)O. The quantitative estimate of drug-likeness (QED) is 0.00498. The molecule has 10 rings (SSSR count). The Bertz CT molecular complexity index is 5410. The summed E-state index contributed by atoms with van der Waals surface area (Å²) in [4.78, 5) is 235. The van der Waals surface area contributed by atoms with Crippen LogP contribution < -0.4 is 59.6 Å². The molecule has 3 heterocycles. The molecule has 131 heavy (non-hydrogen) atoms. The van der Waals surface area contributed by atoms with Crippen LogP contribution in [0.25, 0.3) is 11.2 Å². The molecule has 1 unspecified atom stereocenters. The van der Waals surface area contributed by atoms with Gasteiger partial charge < -0.3 is 113 Å². The number of esters is 4. The van der Waals surface area contributed by atoms with Crippen LogP contribution in [-0.4, -0.2) is 250 Å². The average molecular weight is 1860 g/mol. The maximum Gasteiger partial charge on any atom is 0.508 e. The Balaban J connectivity index is 0.791. The van der Waals surface area contributed by atoms with Crippen LogP contribution in [0.5, 0.6) is 0 Å². The highest BCUT2D eigenvalue weighted by Gasteiger charge is 2.79. The van der Waals surface area contributed by atoms with E-state index in [0.29, 0.717) is 11.4 Å². The first-order valence-corrected chi connectivity index (χ1v) is 43.7. The number of aromatic nitrogens is 4. The van der Waals surface area contributed by atoms with Gasteiger partial charge in [-0.2, -0.15) is 4.98 Å².